The molecular formula is C17H30BNO4Si. The lowest BCUT2D eigenvalue weighted by molar-refractivity contribution is 0.00688. The fourth-order valence-corrected chi connectivity index (χ4v) is 3.47. The van der Waals surface area contributed by atoms with Crippen molar-refractivity contribution >= 4 is 26.6 Å². The molecule has 0 bridgehead atoms. The number of nitrogens with zero attached hydrogens (tertiary/aromatic N) is 1. The molecular weight excluding hydrogens is 321 g/mol. The lowest BCUT2D eigenvalue weighted by Gasteiger charge is -2.39. The third kappa shape index (κ3) is 4.83. The standard InChI is InChI=1S/C17H30BNO4Si/c1-17(2,3)24(4,5)23-13-16-12-19(10-11-22-16)15-8-6-14(7-9-15)18(20)21/h6-9,16,20-21H,10-13H2,1-5H3. The van der Waals surface area contributed by atoms with Crippen LogP contribution >= 0.6 is 0 Å². The van der Waals surface area contributed by atoms with Crippen LogP contribution in [-0.2, 0) is 9.16 Å². The Bertz CT molecular complexity index is 530. The van der Waals surface area contributed by atoms with Crippen LogP contribution in [-0.4, -0.2) is 57.9 Å². The first-order chi connectivity index (χ1) is 11.1. The maximum Gasteiger partial charge on any atom is 0.488 e. The Morgan fingerprint density at radius 2 is 1.88 bits per heavy atom. The molecule has 1 atom stereocenters. The fourth-order valence-electron chi connectivity index (χ4n) is 2.43. The highest BCUT2D eigenvalue weighted by atomic mass is 28.4. The van der Waals surface area contributed by atoms with E-state index in [0.29, 0.717) is 18.7 Å². The summed E-state index contributed by atoms with van der Waals surface area (Å²) in [6, 6.07) is 7.34. The van der Waals surface area contributed by atoms with Crippen molar-refractivity contribution in [1.82, 2.24) is 0 Å². The summed E-state index contributed by atoms with van der Waals surface area (Å²) in [6.07, 6.45) is 0.0657. The molecule has 7 heteroatoms. The van der Waals surface area contributed by atoms with Gasteiger partial charge in [0.2, 0.25) is 0 Å². The summed E-state index contributed by atoms with van der Waals surface area (Å²) >= 11 is 0. The minimum absolute atomic E-state index is 0.0657. The topological polar surface area (TPSA) is 62.2 Å². The number of hydrogen-bond donors (Lipinski definition) is 2. The van der Waals surface area contributed by atoms with Crippen LogP contribution < -0.4 is 10.4 Å². The minimum Gasteiger partial charge on any atom is -0.423 e. The van der Waals surface area contributed by atoms with Crippen molar-refractivity contribution in [3.05, 3.63) is 24.3 Å². The van der Waals surface area contributed by atoms with Crippen molar-refractivity contribution in [2.45, 2.75) is 45.0 Å². The van der Waals surface area contributed by atoms with E-state index in [-0.39, 0.29) is 11.1 Å². The van der Waals surface area contributed by atoms with Crippen LogP contribution in [0.4, 0.5) is 5.69 Å². The highest BCUT2D eigenvalue weighted by Crippen LogP contribution is 2.36. The quantitative estimate of drug-likeness (QED) is 0.789. The summed E-state index contributed by atoms with van der Waals surface area (Å²) < 4.78 is 12.2. The number of ether oxygens (including phenoxy) is 1. The molecule has 24 heavy (non-hydrogen) atoms. The van der Waals surface area contributed by atoms with Crippen molar-refractivity contribution in [2.24, 2.45) is 0 Å². The molecule has 1 fully saturated rings. The molecule has 1 unspecified atom stereocenters. The third-order valence-electron chi connectivity index (χ3n) is 5.13. The van der Waals surface area contributed by atoms with Crippen LogP contribution in [0.2, 0.25) is 18.1 Å². The second kappa shape index (κ2) is 7.58. The van der Waals surface area contributed by atoms with Gasteiger partial charge in [0.05, 0.1) is 19.3 Å². The summed E-state index contributed by atoms with van der Waals surface area (Å²) in [5.74, 6) is 0. The van der Waals surface area contributed by atoms with Gasteiger partial charge in [-0.1, -0.05) is 32.9 Å². The average Bonchev–Trinajstić information content (AvgIpc) is 2.52. The predicted octanol–water partition coefficient (Wildman–Crippen LogP) is 1.59. The molecule has 0 radical (unpaired) electrons. The average molecular weight is 351 g/mol. The number of morpholine rings is 1. The van der Waals surface area contributed by atoms with E-state index in [9.17, 15) is 10.0 Å². The first-order valence-electron chi connectivity index (χ1n) is 8.57. The molecule has 1 aliphatic heterocycles. The van der Waals surface area contributed by atoms with Gasteiger partial charge < -0.3 is 24.1 Å². The molecule has 1 saturated heterocycles. The summed E-state index contributed by atoms with van der Waals surface area (Å²) in [5.41, 5.74) is 1.57. The first kappa shape index (κ1) is 19.5. The Hall–Kier alpha value is -0.858. The molecule has 1 heterocycles. The highest BCUT2D eigenvalue weighted by molar-refractivity contribution is 6.74. The molecule has 0 amide bonds. The predicted molar refractivity (Wildman–Crippen MR) is 101 cm³/mol. The van der Waals surface area contributed by atoms with E-state index in [2.05, 4.69) is 38.8 Å². The van der Waals surface area contributed by atoms with Crippen LogP contribution in [0.3, 0.4) is 0 Å². The van der Waals surface area contributed by atoms with Gasteiger partial charge in [-0.2, -0.15) is 0 Å². The molecule has 134 valence electrons. The number of rotatable bonds is 5. The molecule has 1 aromatic rings. The zero-order chi connectivity index (χ0) is 18.0. The van der Waals surface area contributed by atoms with E-state index in [1.54, 1.807) is 12.1 Å². The fraction of sp³-hybridized carbons (Fsp3) is 0.647. The Balaban J connectivity index is 1.94. The van der Waals surface area contributed by atoms with E-state index in [0.717, 1.165) is 18.8 Å². The van der Waals surface area contributed by atoms with Crippen LogP contribution in [0.25, 0.3) is 0 Å². The highest BCUT2D eigenvalue weighted by Gasteiger charge is 2.38. The first-order valence-corrected chi connectivity index (χ1v) is 11.5. The van der Waals surface area contributed by atoms with Gasteiger partial charge in [0.1, 0.15) is 0 Å². The van der Waals surface area contributed by atoms with E-state index < -0.39 is 15.4 Å². The van der Waals surface area contributed by atoms with E-state index >= 15 is 0 Å². The summed E-state index contributed by atoms with van der Waals surface area (Å²) in [6.45, 7) is 14.2. The van der Waals surface area contributed by atoms with Gasteiger partial charge in [-0.25, -0.2) is 0 Å². The maximum atomic E-state index is 9.19. The molecule has 0 spiro atoms. The Kier molecular flexibility index (Phi) is 6.15. The Morgan fingerprint density at radius 1 is 1.25 bits per heavy atom. The number of anilines is 1. The third-order valence-corrected chi connectivity index (χ3v) is 9.63. The lowest BCUT2D eigenvalue weighted by atomic mass is 9.80. The second-order valence-electron chi connectivity index (χ2n) is 7.98. The summed E-state index contributed by atoms with van der Waals surface area (Å²) in [7, 11) is -3.19. The van der Waals surface area contributed by atoms with Gasteiger partial charge >= 0.3 is 7.12 Å². The molecule has 2 N–H and O–H groups in total. The Morgan fingerprint density at radius 3 is 2.42 bits per heavy atom. The SMILES string of the molecule is CC(C)(C)[Si](C)(C)OCC1CN(c2ccc(B(O)O)cc2)CCO1. The summed E-state index contributed by atoms with van der Waals surface area (Å²) in [5, 5.41) is 18.6. The van der Waals surface area contributed by atoms with Gasteiger partial charge in [0.25, 0.3) is 0 Å². The van der Waals surface area contributed by atoms with Crippen molar-refractivity contribution in [2.75, 3.05) is 31.2 Å². The van der Waals surface area contributed by atoms with E-state index in [4.69, 9.17) is 9.16 Å². The number of hydrogen-bond acceptors (Lipinski definition) is 5. The van der Waals surface area contributed by atoms with Gasteiger partial charge in [0, 0.05) is 18.8 Å². The molecule has 1 aliphatic rings. The van der Waals surface area contributed by atoms with Crippen molar-refractivity contribution in [1.29, 1.82) is 0 Å². The van der Waals surface area contributed by atoms with Crippen LogP contribution in [0, 0.1) is 0 Å². The van der Waals surface area contributed by atoms with Crippen LogP contribution in [0.5, 0.6) is 0 Å². The second-order valence-corrected chi connectivity index (χ2v) is 12.8. The zero-order valence-electron chi connectivity index (χ0n) is 15.5. The van der Waals surface area contributed by atoms with Crippen molar-refractivity contribution < 1.29 is 19.2 Å². The summed E-state index contributed by atoms with van der Waals surface area (Å²) in [4.78, 5) is 2.26. The molecule has 0 saturated carbocycles. The van der Waals surface area contributed by atoms with Crippen molar-refractivity contribution in [3.8, 4) is 0 Å². The van der Waals surface area contributed by atoms with Crippen LogP contribution in [0.1, 0.15) is 20.8 Å². The van der Waals surface area contributed by atoms with Gasteiger partial charge in [0.15, 0.2) is 8.32 Å². The largest absolute Gasteiger partial charge is 0.488 e. The molecule has 2 rings (SSSR count). The van der Waals surface area contributed by atoms with Gasteiger partial charge in [-0.05, 0) is 35.7 Å². The van der Waals surface area contributed by atoms with E-state index in [1.807, 2.05) is 12.1 Å². The minimum atomic E-state index is -1.76. The monoisotopic (exact) mass is 351 g/mol. The smallest absolute Gasteiger partial charge is 0.423 e. The molecule has 5 nitrogen and oxygen atoms in total. The van der Waals surface area contributed by atoms with Crippen LogP contribution in [0.15, 0.2) is 24.3 Å². The van der Waals surface area contributed by atoms with Gasteiger partial charge in [-0.15, -0.1) is 0 Å². The van der Waals surface area contributed by atoms with Crippen molar-refractivity contribution in [3.63, 3.8) is 0 Å². The lowest BCUT2D eigenvalue weighted by Crippen LogP contribution is -2.48. The number of benzene rings is 1. The van der Waals surface area contributed by atoms with Gasteiger partial charge in [-0.3, -0.25) is 0 Å². The molecule has 1 aromatic carbocycles. The zero-order valence-corrected chi connectivity index (χ0v) is 16.5. The van der Waals surface area contributed by atoms with E-state index in [1.165, 1.54) is 0 Å². The molecule has 0 aliphatic carbocycles. The molecule has 0 aromatic heterocycles. The Labute approximate surface area is 146 Å². The normalized spacial score (nSPS) is 19.5. The maximum absolute atomic E-state index is 9.19.